The van der Waals surface area contributed by atoms with Gasteiger partial charge < -0.3 is 0 Å². The van der Waals surface area contributed by atoms with Crippen LogP contribution in [0, 0.1) is 0 Å². The highest BCUT2D eigenvalue weighted by Crippen LogP contribution is 2.27. The molecule has 1 fully saturated rings. The van der Waals surface area contributed by atoms with E-state index in [0.29, 0.717) is 6.04 Å². The third-order valence-electron chi connectivity index (χ3n) is 5.28. The third kappa shape index (κ3) is 3.42. The van der Waals surface area contributed by atoms with Crippen LogP contribution < -0.4 is 0 Å². The minimum Gasteiger partial charge on any atom is -0.294 e. The second-order valence-corrected chi connectivity index (χ2v) is 7.06. The van der Waals surface area contributed by atoms with Crippen LogP contribution in [0.15, 0.2) is 36.9 Å². The normalized spacial score (nSPS) is 19.3. The van der Waals surface area contributed by atoms with Crippen molar-refractivity contribution in [2.24, 2.45) is 21.1 Å². The average molecular weight is 354 g/mol. The topological polar surface area (TPSA) is 59.9 Å². The highest BCUT2D eigenvalue weighted by Gasteiger charge is 2.30. The van der Waals surface area contributed by atoms with Gasteiger partial charge in [-0.05, 0) is 12.1 Å². The zero-order valence-electron chi connectivity index (χ0n) is 15.7. The molecule has 0 radical (unpaired) electrons. The molecule has 4 rings (SSSR count). The summed E-state index contributed by atoms with van der Waals surface area (Å²) in [5, 5.41) is 13.0. The Balaban J connectivity index is 1.53. The first-order valence-electron chi connectivity index (χ1n) is 8.99. The zero-order chi connectivity index (χ0) is 18.1. The second kappa shape index (κ2) is 7.05. The molecular weight excluding hydrogens is 328 g/mol. The molecule has 1 unspecified atom stereocenters. The van der Waals surface area contributed by atoms with Crippen LogP contribution in [0.3, 0.4) is 0 Å². The Labute approximate surface area is 153 Å². The Hall–Kier alpha value is -2.45. The molecule has 1 saturated heterocycles. The minimum absolute atomic E-state index is 0.320. The average Bonchev–Trinajstić information content (AvgIpc) is 3.33. The number of nitrogens with zero attached hydrogens (tertiary/aromatic N) is 8. The molecule has 1 aliphatic rings. The summed E-state index contributed by atoms with van der Waals surface area (Å²) in [4.78, 5) is 5.04. The van der Waals surface area contributed by atoms with E-state index >= 15 is 0 Å². The fourth-order valence-corrected chi connectivity index (χ4v) is 3.69. The molecule has 1 aliphatic heterocycles. The molecular formula is C18H26N8. The predicted octanol–water partition coefficient (Wildman–Crippen LogP) is 0.946. The maximum atomic E-state index is 4.40. The third-order valence-corrected chi connectivity index (χ3v) is 5.28. The molecule has 3 aromatic rings. The first kappa shape index (κ1) is 17.0. The largest absolute Gasteiger partial charge is 0.294 e. The maximum Gasteiger partial charge on any atom is 0.0538 e. The van der Waals surface area contributed by atoms with Gasteiger partial charge in [0.05, 0.1) is 23.6 Å². The molecule has 8 heteroatoms. The van der Waals surface area contributed by atoms with Crippen molar-refractivity contribution in [1.82, 2.24) is 39.1 Å². The van der Waals surface area contributed by atoms with Crippen LogP contribution in [0.5, 0.6) is 0 Å². The van der Waals surface area contributed by atoms with Gasteiger partial charge in [-0.1, -0.05) is 0 Å². The Morgan fingerprint density at radius 2 is 1.62 bits per heavy atom. The van der Waals surface area contributed by atoms with Crippen molar-refractivity contribution >= 4 is 0 Å². The summed E-state index contributed by atoms with van der Waals surface area (Å²) < 4.78 is 5.81. The van der Waals surface area contributed by atoms with Gasteiger partial charge in [0.25, 0.3) is 0 Å². The molecule has 0 aliphatic carbocycles. The van der Waals surface area contributed by atoms with Gasteiger partial charge in [-0.3, -0.25) is 23.8 Å². The lowest BCUT2D eigenvalue weighted by Crippen LogP contribution is -2.47. The highest BCUT2D eigenvalue weighted by atomic mass is 15.3. The molecule has 0 saturated carbocycles. The van der Waals surface area contributed by atoms with Crippen LogP contribution in [-0.2, 0) is 34.2 Å². The SMILES string of the molecule is Cn1cc(C2CN(Cc3ccnn3C)CCN2Cc2ccnn2C)cn1. The van der Waals surface area contributed by atoms with Crippen LogP contribution in [-0.4, -0.2) is 58.8 Å². The Kier molecular flexibility index (Phi) is 4.60. The summed E-state index contributed by atoms with van der Waals surface area (Å²) in [5.41, 5.74) is 3.75. The van der Waals surface area contributed by atoms with E-state index in [-0.39, 0.29) is 0 Å². The fraction of sp³-hybridized carbons (Fsp3) is 0.500. The lowest BCUT2D eigenvalue weighted by atomic mass is 10.1. The van der Waals surface area contributed by atoms with Crippen LogP contribution in [0.25, 0.3) is 0 Å². The highest BCUT2D eigenvalue weighted by molar-refractivity contribution is 5.14. The van der Waals surface area contributed by atoms with E-state index in [1.807, 2.05) is 53.8 Å². The summed E-state index contributed by atoms with van der Waals surface area (Å²) in [6.07, 6.45) is 7.86. The fourth-order valence-electron chi connectivity index (χ4n) is 3.69. The van der Waals surface area contributed by atoms with Crippen LogP contribution in [0.4, 0.5) is 0 Å². The summed E-state index contributed by atoms with van der Waals surface area (Å²) in [6, 6.07) is 4.52. The van der Waals surface area contributed by atoms with Gasteiger partial charge in [-0.15, -0.1) is 0 Å². The molecule has 0 amide bonds. The predicted molar refractivity (Wildman–Crippen MR) is 98.1 cm³/mol. The van der Waals surface area contributed by atoms with E-state index < -0.39 is 0 Å². The lowest BCUT2D eigenvalue weighted by Gasteiger charge is -2.41. The molecule has 8 nitrogen and oxygen atoms in total. The van der Waals surface area contributed by atoms with Gasteiger partial charge in [0.2, 0.25) is 0 Å². The van der Waals surface area contributed by atoms with E-state index in [9.17, 15) is 0 Å². The van der Waals surface area contributed by atoms with Crippen molar-refractivity contribution in [2.45, 2.75) is 19.1 Å². The first-order valence-corrected chi connectivity index (χ1v) is 8.99. The minimum atomic E-state index is 0.320. The molecule has 0 N–H and O–H groups in total. The van der Waals surface area contributed by atoms with E-state index in [0.717, 1.165) is 32.7 Å². The van der Waals surface area contributed by atoms with Crippen molar-refractivity contribution < 1.29 is 0 Å². The lowest BCUT2D eigenvalue weighted by molar-refractivity contribution is 0.0605. The van der Waals surface area contributed by atoms with Crippen molar-refractivity contribution in [3.05, 3.63) is 53.9 Å². The van der Waals surface area contributed by atoms with Gasteiger partial charge >= 0.3 is 0 Å². The number of aromatic nitrogens is 6. The zero-order valence-corrected chi connectivity index (χ0v) is 15.7. The molecule has 4 heterocycles. The standard InChI is InChI=1S/C18H26N8/c1-22-11-15(10-21-22)18-14-25(12-16-4-6-19-23(16)2)8-9-26(18)13-17-5-7-20-24(17)3/h4-7,10-11,18H,8-9,12-14H2,1-3H3. The van der Waals surface area contributed by atoms with Crippen molar-refractivity contribution in [1.29, 1.82) is 0 Å². The quantitative estimate of drug-likeness (QED) is 0.683. The van der Waals surface area contributed by atoms with E-state index in [1.54, 1.807) is 0 Å². The molecule has 0 spiro atoms. The van der Waals surface area contributed by atoms with Gasteiger partial charge in [-0.2, -0.15) is 15.3 Å². The summed E-state index contributed by atoms with van der Waals surface area (Å²) >= 11 is 0. The van der Waals surface area contributed by atoms with Crippen molar-refractivity contribution in [3.8, 4) is 0 Å². The molecule has 3 aromatic heterocycles. The molecule has 26 heavy (non-hydrogen) atoms. The molecule has 138 valence electrons. The summed E-state index contributed by atoms with van der Waals surface area (Å²) in [7, 11) is 5.99. The van der Waals surface area contributed by atoms with Gasteiger partial charge in [-0.25, -0.2) is 0 Å². The number of hydrogen-bond acceptors (Lipinski definition) is 5. The van der Waals surface area contributed by atoms with E-state index in [2.05, 4.69) is 43.4 Å². The van der Waals surface area contributed by atoms with Crippen molar-refractivity contribution in [2.75, 3.05) is 19.6 Å². The Morgan fingerprint density at radius 3 is 2.19 bits per heavy atom. The summed E-state index contributed by atoms with van der Waals surface area (Å²) in [6.45, 7) is 4.86. The van der Waals surface area contributed by atoms with Crippen LogP contribution >= 0.6 is 0 Å². The number of rotatable bonds is 5. The van der Waals surface area contributed by atoms with Gasteiger partial charge in [0, 0.05) is 78.0 Å². The Bertz CT molecular complexity index is 860. The van der Waals surface area contributed by atoms with E-state index in [1.165, 1.54) is 17.0 Å². The van der Waals surface area contributed by atoms with Gasteiger partial charge in [0.15, 0.2) is 0 Å². The van der Waals surface area contributed by atoms with E-state index in [4.69, 9.17) is 0 Å². The molecule has 0 bridgehead atoms. The first-order chi connectivity index (χ1) is 12.6. The number of piperazine rings is 1. The number of hydrogen-bond donors (Lipinski definition) is 0. The maximum absolute atomic E-state index is 4.40. The molecule has 1 atom stereocenters. The summed E-state index contributed by atoms with van der Waals surface area (Å²) in [5.74, 6) is 0. The van der Waals surface area contributed by atoms with Crippen LogP contribution in [0.1, 0.15) is 23.0 Å². The second-order valence-electron chi connectivity index (χ2n) is 7.06. The monoisotopic (exact) mass is 354 g/mol. The van der Waals surface area contributed by atoms with Gasteiger partial charge in [0.1, 0.15) is 0 Å². The molecule has 0 aromatic carbocycles. The Morgan fingerprint density at radius 1 is 0.923 bits per heavy atom. The van der Waals surface area contributed by atoms with Crippen LogP contribution in [0.2, 0.25) is 0 Å². The number of aryl methyl sites for hydroxylation is 3. The smallest absolute Gasteiger partial charge is 0.0538 e. The van der Waals surface area contributed by atoms with Crippen molar-refractivity contribution in [3.63, 3.8) is 0 Å².